The summed E-state index contributed by atoms with van der Waals surface area (Å²) in [6, 6.07) is 20.0. The molecule has 0 amide bonds. The van der Waals surface area contributed by atoms with Crippen molar-refractivity contribution in [1.82, 2.24) is 9.80 Å². The van der Waals surface area contributed by atoms with Crippen molar-refractivity contribution in [2.75, 3.05) is 33.0 Å². The summed E-state index contributed by atoms with van der Waals surface area (Å²) in [7, 11) is 0. The van der Waals surface area contributed by atoms with Crippen LogP contribution in [0.15, 0.2) is 69.9 Å². The topological polar surface area (TPSA) is 55.2 Å². The molecule has 0 unspecified atom stereocenters. The van der Waals surface area contributed by atoms with Crippen molar-refractivity contribution in [2.45, 2.75) is 13.1 Å². The molecule has 6 nitrogen and oxygen atoms in total. The fraction of sp³-hybridized carbons (Fsp3) is 0.269. The van der Waals surface area contributed by atoms with E-state index in [1.807, 2.05) is 30.3 Å². The van der Waals surface area contributed by atoms with Gasteiger partial charge < -0.3 is 13.9 Å². The van der Waals surface area contributed by atoms with Crippen LogP contribution in [-0.4, -0.2) is 42.8 Å². The highest BCUT2D eigenvalue weighted by molar-refractivity contribution is 6.07. The predicted molar refractivity (Wildman–Crippen MR) is 123 cm³/mol. The quantitative estimate of drug-likeness (QED) is 0.362. The largest absolute Gasteiger partial charge is 0.454 e. The third-order valence-corrected chi connectivity index (χ3v) is 6.42. The number of hydrogen-bond acceptors (Lipinski definition) is 6. The highest BCUT2D eigenvalue weighted by Crippen LogP contribution is 2.33. The number of nitrogens with zero attached hydrogens (tertiary/aromatic N) is 2. The number of benzene rings is 3. The van der Waals surface area contributed by atoms with Crippen molar-refractivity contribution in [2.24, 2.45) is 0 Å². The maximum absolute atomic E-state index is 12.2. The minimum atomic E-state index is -0.288. The van der Waals surface area contributed by atoms with Gasteiger partial charge in [-0.25, -0.2) is 4.79 Å². The van der Waals surface area contributed by atoms with Gasteiger partial charge >= 0.3 is 5.63 Å². The summed E-state index contributed by atoms with van der Waals surface area (Å²) in [5, 5.41) is 3.33. The predicted octanol–water partition coefficient (Wildman–Crippen LogP) is 3.99. The number of ether oxygens (including phenoxy) is 2. The van der Waals surface area contributed by atoms with Crippen LogP contribution in [0.1, 0.15) is 11.1 Å². The van der Waals surface area contributed by atoms with E-state index in [2.05, 4.69) is 34.1 Å². The third kappa shape index (κ3) is 3.61. The van der Waals surface area contributed by atoms with Crippen molar-refractivity contribution in [3.8, 4) is 11.5 Å². The van der Waals surface area contributed by atoms with Crippen LogP contribution in [0.25, 0.3) is 21.7 Å². The summed E-state index contributed by atoms with van der Waals surface area (Å²) in [6.07, 6.45) is 0. The second-order valence-corrected chi connectivity index (χ2v) is 8.49. The summed E-state index contributed by atoms with van der Waals surface area (Å²) >= 11 is 0. The van der Waals surface area contributed by atoms with Gasteiger partial charge in [-0.15, -0.1) is 0 Å². The molecule has 2 aliphatic rings. The number of rotatable bonds is 4. The Labute approximate surface area is 185 Å². The molecule has 0 atom stereocenters. The van der Waals surface area contributed by atoms with Crippen LogP contribution < -0.4 is 15.1 Å². The molecule has 2 aliphatic heterocycles. The van der Waals surface area contributed by atoms with E-state index < -0.39 is 0 Å². The zero-order chi connectivity index (χ0) is 21.5. The van der Waals surface area contributed by atoms with Gasteiger partial charge in [-0.2, -0.15) is 0 Å². The molecule has 0 saturated carbocycles. The van der Waals surface area contributed by atoms with E-state index in [1.54, 1.807) is 6.07 Å². The monoisotopic (exact) mass is 428 g/mol. The van der Waals surface area contributed by atoms with Crippen molar-refractivity contribution in [1.29, 1.82) is 0 Å². The smallest absolute Gasteiger partial charge is 0.336 e. The molecule has 3 heterocycles. The lowest BCUT2D eigenvalue weighted by molar-refractivity contribution is 0.122. The first-order chi connectivity index (χ1) is 15.7. The van der Waals surface area contributed by atoms with E-state index in [1.165, 1.54) is 5.56 Å². The first kappa shape index (κ1) is 19.3. The Morgan fingerprint density at radius 2 is 1.56 bits per heavy atom. The van der Waals surface area contributed by atoms with E-state index >= 15 is 0 Å². The Bertz CT molecular complexity index is 1360. The highest BCUT2D eigenvalue weighted by atomic mass is 16.7. The minimum Gasteiger partial charge on any atom is -0.454 e. The van der Waals surface area contributed by atoms with E-state index in [-0.39, 0.29) is 5.63 Å². The Balaban J connectivity index is 1.19. The van der Waals surface area contributed by atoms with Crippen LogP contribution in [0.5, 0.6) is 11.5 Å². The van der Waals surface area contributed by atoms with Crippen LogP contribution in [0.3, 0.4) is 0 Å². The van der Waals surface area contributed by atoms with Crippen LogP contribution >= 0.6 is 0 Å². The van der Waals surface area contributed by atoms with Crippen LogP contribution in [-0.2, 0) is 13.1 Å². The van der Waals surface area contributed by atoms with Gasteiger partial charge in [0, 0.05) is 50.7 Å². The average molecular weight is 428 g/mol. The van der Waals surface area contributed by atoms with E-state index in [0.29, 0.717) is 12.4 Å². The highest BCUT2D eigenvalue weighted by Gasteiger charge is 2.20. The van der Waals surface area contributed by atoms with Gasteiger partial charge in [0.1, 0.15) is 5.58 Å². The second-order valence-electron chi connectivity index (χ2n) is 8.49. The molecule has 4 aromatic rings. The van der Waals surface area contributed by atoms with Gasteiger partial charge in [-0.3, -0.25) is 9.80 Å². The zero-order valence-electron chi connectivity index (χ0n) is 17.8. The summed E-state index contributed by atoms with van der Waals surface area (Å²) in [5.41, 5.74) is 2.65. The summed E-state index contributed by atoms with van der Waals surface area (Å²) in [4.78, 5) is 17.1. The van der Waals surface area contributed by atoms with Gasteiger partial charge in [0.05, 0.1) is 0 Å². The Hall–Kier alpha value is -3.35. The molecule has 32 heavy (non-hydrogen) atoms. The molecule has 0 spiro atoms. The first-order valence-corrected chi connectivity index (χ1v) is 11.0. The molecule has 1 fully saturated rings. The van der Waals surface area contributed by atoms with E-state index in [9.17, 15) is 4.79 Å². The van der Waals surface area contributed by atoms with E-state index in [4.69, 9.17) is 13.9 Å². The normalized spacial score (nSPS) is 16.8. The van der Waals surface area contributed by atoms with Gasteiger partial charge in [0.15, 0.2) is 11.5 Å². The van der Waals surface area contributed by atoms with Gasteiger partial charge in [0.25, 0.3) is 0 Å². The number of piperazine rings is 1. The minimum absolute atomic E-state index is 0.288. The molecule has 6 heteroatoms. The number of fused-ring (bicyclic) bond motifs is 4. The molecule has 0 bridgehead atoms. The molecule has 6 rings (SSSR count). The molecular formula is C26H24N2O4. The second kappa shape index (κ2) is 7.97. The molecule has 3 aromatic carbocycles. The van der Waals surface area contributed by atoms with Crippen molar-refractivity contribution in [3.05, 3.63) is 82.2 Å². The summed E-state index contributed by atoms with van der Waals surface area (Å²) in [5.74, 6) is 1.66. The fourth-order valence-electron chi connectivity index (χ4n) is 4.79. The zero-order valence-corrected chi connectivity index (χ0v) is 17.8. The Morgan fingerprint density at radius 3 is 2.44 bits per heavy atom. The number of hydrogen-bond donors (Lipinski definition) is 0. The molecule has 0 aliphatic carbocycles. The van der Waals surface area contributed by atoms with Gasteiger partial charge in [0.2, 0.25) is 6.79 Å². The Morgan fingerprint density at radius 1 is 0.781 bits per heavy atom. The van der Waals surface area contributed by atoms with Gasteiger partial charge in [-0.1, -0.05) is 36.4 Å². The maximum Gasteiger partial charge on any atom is 0.336 e. The molecule has 0 N–H and O–H groups in total. The van der Waals surface area contributed by atoms with E-state index in [0.717, 1.165) is 72.5 Å². The van der Waals surface area contributed by atoms with Crippen LogP contribution in [0, 0.1) is 0 Å². The average Bonchev–Trinajstić information content (AvgIpc) is 3.28. The molecule has 1 aromatic heterocycles. The lowest BCUT2D eigenvalue weighted by atomic mass is 10.0. The first-order valence-electron chi connectivity index (χ1n) is 11.0. The third-order valence-electron chi connectivity index (χ3n) is 6.42. The van der Waals surface area contributed by atoms with Gasteiger partial charge in [-0.05, 0) is 40.1 Å². The SMILES string of the molecule is O=c1cc(CN2CCN(Cc3ccc4c(c3)OCO4)CC2)c2c(ccc3ccccc32)o1. The van der Waals surface area contributed by atoms with Crippen molar-refractivity contribution >= 4 is 21.7 Å². The summed E-state index contributed by atoms with van der Waals surface area (Å²) < 4.78 is 16.4. The molecular weight excluding hydrogens is 404 g/mol. The summed E-state index contributed by atoms with van der Waals surface area (Å²) in [6.45, 7) is 5.82. The Kier molecular flexibility index (Phi) is 4.82. The van der Waals surface area contributed by atoms with Crippen molar-refractivity contribution in [3.63, 3.8) is 0 Å². The van der Waals surface area contributed by atoms with Crippen LogP contribution in [0.2, 0.25) is 0 Å². The van der Waals surface area contributed by atoms with Crippen LogP contribution in [0.4, 0.5) is 0 Å². The lowest BCUT2D eigenvalue weighted by Gasteiger charge is -2.35. The maximum atomic E-state index is 12.2. The standard InChI is InChI=1S/C26H24N2O4/c29-25-14-20(26-21-4-2-1-3-19(21)6-8-23(26)32-25)16-28-11-9-27(10-12-28)15-18-5-7-22-24(13-18)31-17-30-22/h1-8,13-14H,9-12,15-17H2. The fourth-order valence-corrected chi connectivity index (χ4v) is 4.79. The molecule has 0 radical (unpaired) electrons. The molecule has 1 saturated heterocycles. The molecule has 162 valence electrons. The van der Waals surface area contributed by atoms with Crippen molar-refractivity contribution < 1.29 is 13.9 Å². The lowest BCUT2D eigenvalue weighted by Crippen LogP contribution is -2.45.